The summed E-state index contributed by atoms with van der Waals surface area (Å²) in [7, 11) is 0. The molecule has 2 unspecified atom stereocenters. The van der Waals surface area contributed by atoms with Crippen molar-refractivity contribution in [1.82, 2.24) is 10.6 Å². The van der Waals surface area contributed by atoms with Crippen LogP contribution < -0.4 is 10.6 Å². The highest BCUT2D eigenvalue weighted by molar-refractivity contribution is 5.79. The minimum atomic E-state index is -0.229. The van der Waals surface area contributed by atoms with Crippen molar-refractivity contribution in [3.8, 4) is 0 Å². The van der Waals surface area contributed by atoms with Crippen molar-refractivity contribution in [3.63, 3.8) is 0 Å². The topological polar surface area (TPSA) is 41.1 Å². The first kappa shape index (κ1) is 13.0. The molecule has 4 heteroatoms. The van der Waals surface area contributed by atoms with Gasteiger partial charge in [-0.15, -0.1) is 0 Å². The van der Waals surface area contributed by atoms with E-state index in [1.54, 1.807) is 6.07 Å². The molecule has 1 aliphatic rings. The maximum Gasteiger partial charge on any atom is 0.224 e. The summed E-state index contributed by atoms with van der Waals surface area (Å²) in [6.07, 6.45) is 0.665. The Labute approximate surface area is 107 Å². The van der Waals surface area contributed by atoms with Crippen molar-refractivity contribution in [2.24, 2.45) is 11.8 Å². The summed E-state index contributed by atoms with van der Waals surface area (Å²) < 4.78 is 13.0. The molecule has 1 aromatic carbocycles. The number of carbonyl (C=O) groups excluding carboxylic acids is 1. The number of carbonyl (C=O) groups is 1. The number of hydrogen-bond donors (Lipinski definition) is 2. The molecule has 0 bridgehead atoms. The van der Waals surface area contributed by atoms with Gasteiger partial charge >= 0.3 is 0 Å². The van der Waals surface area contributed by atoms with E-state index >= 15 is 0 Å². The maximum atomic E-state index is 13.0. The summed E-state index contributed by atoms with van der Waals surface area (Å²) in [6.45, 7) is 4.30. The van der Waals surface area contributed by atoms with Crippen LogP contribution >= 0.6 is 0 Å². The first-order valence-electron chi connectivity index (χ1n) is 6.39. The van der Waals surface area contributed by atoms with Gasteiger partial charge in [0, 0.05) is 13.1 Å². The Morgan fingerprint density at radius 2 is 2.33 bits per heavy atom. The predicted molar refractivity (Wildman–Crippen MR) is 68.6 cm³/mol. The molecular formula is C14H19FN2O. The lowest BCUT2D eigenvalue weighted by Gasteiger charge is -2.14. The van der Waals surface area contributed by atoms with Crippen LogP contribution in [0.5, 0.6) is 0 Å². The molecule has 2 rings (SSSR count). The number of amides is 1. The van der Waals surface area contributed by atoms with Gasteiger partial charge in [-0.3, -0.25) is 4.79 Å². The highest BCUT2D eigenvalue weighted by Crippen LogP contribution is 2.15. The summed E-state index contributed by atoms with van der Waals surface area (Å²) in [5.74, 6) is 0.327. The third-order valence-corrected chi connectivity index (χ3v) is 3.46. The molecule has 1 fully saturated rings. The van der Waals surface area contributed by atoms with Crippen LogP contribution in [0.15, 0.2) is 24.3 Å². The molecule has 2 N–H and O–H groups in total. The van der Waals surface area contributed by atoms with Gasteiger partial charge in [0.25, 0.3) is 0 Å². The highest BCUT2D eigenvalue weighted by atomic mass is 19.1. The van der Waals surface area contributed by atoms with Gasteiger partial charge in [0.05, 0.1) is 5.92 Å². The van der Waals surface area contributed by atoms with E-state index in [1.165, 1.54) is 12.1 Å². The fourth-order valence-electron chi connectivity index (χ4n) is 2.31. The summed E-state index contributed by atoms with van der Waals surface area (Å²) in [5, 5.41) is 6.13. The summed E-state index contributed by atoms with van der Waals surface area (Å²) in [4.78, 5) is 11.9. The van der Waals surface area contributed by atoms with Gasteiger partial charge in [-0.05, 0) is 36.6 Å². The largest absolute Gasteiger partial charge is 0.355 e. The zero-order chi connectivity index (χ0) is 13.0. The van der Waals surface area contributed by atoms with Crippen LogP contribution in [0.1, 0.15) is 12.5 Å². The second-order valence-corrected chi connectivity index (χ2v) is 4.91. The molecule has 1 amide bonds. The zero-order valence-corrected chi connectivity index (χ0v) is 10.6. The Kier molecular flexibility index (Phi) is 4.31. The van der Waals surface area contributed by atoms with Gasteiger partial charge in [-0.25, -0.2) is 4.39 Å². The second-order valence-electron chi connectivity index (χ2n) is 4.91. The molecule has 0 aromatic heterocycles. The van der Waals surface area contributed by atoms with Crippen LogP contribution in [0.25, 0.3) is 0 Å². The average molecular weight is 250 g/mol. The number of hydrogen-bond acceptors (Lipinski definition) is 2. The van der Waals surface area contributed by atoms with E-state index in [-0.39, 0.29) is 17.6 Å². The van der Waals surface area contributed by atoms with Crippen LogP contribution in [0.3, 0.4) is 0 Å². The van der Waals surface area contributed by atoms with Gasteiger partial charge < -0.3 is 10.6 Å². The van der Waals surface area contributed by atoms with Crippen molar-refractivity contribution in [2.75, 3.05) is 19.6 Å². The summed E-state index contributed by atoms with van der Waals surface area (Å²) in [6, 6.07) is 6.49. The Morgan fingerprint density at radius 1 is 1.50 bits per heavy atom. The van der Waals surface area contributed by atoms with E-state index < -0.39 is 0 Å². The van der Waals surface area contributed by atoms with E-state index in [9.17, 15) is 9.18 Å². The van der Waals surface area contributed by atoms with Crippen molar-refractivity contribution in [2.45, 2.75) is 13.3 Å². The SMILES string of the molecule is CC1CNCC1C(=O)NCCc1cccc(F)c1. The van der Waals surface area contributed by atoms with Crippen LogP contribution in [-0.4, -0.2) is 25.5 Å². The van der Waals surface area contributed by atoms with Crippen molar-refractivity contribution >= 4 is 5.91 Å². The molecule has 0 saturated carbocycles. The lowest BCUT2D eigenvalue weighted by atomic mass is 9.97. The first-order valence-corrected chi connectivity index (χ1v) is 6.39. The maximum absolute atomic E-state index is 13.0. The molecule has 0 radical (unpaired) electrons. The minimum Gasteiger partial charge on any atom is -0.355 e. The fourth-order valence-corrected chi connectivity index (χ4v) is 2.31. The third-order valence-electron chi connectivity index (χ3n) is 3.46. The van der Waals surface area contributed by atoms with Gasteiger partial charge in [-0.2, -0.15) is 0 Å². The molecule has 18 heavy (non-hydrogen) atoms. The quantitative estimate of drug-likeness (QED) is 0.846. The van der Waals surface area contributed by atoms with Gasteiger partial charge in [0.2, 0.25) is 5.91 Å². The molecule has 1 aliphatic heterocycles. The third kappa shape index (κ3) is 3.29. The first-order chi connectivity index (χ1) is 8.66. The molecule has 2 atom stereocenters. The normalized spacial score (nSPS) is 23.0. The van der Waals surface area contributed by atoms with E-state index in [4.69, 9.17) is 0 Å². The molecule has 0 aliphatic carbocycles. The highest BCUT2D eigenvalue weighted by Gasteiger charge is 2.28. The molecule has 1 saturated heterocycles. The Bertz CT molecular complexity index is 422. The monoisotopic (exact) mass is 250 g/mol. The summed E-state index contributed by atoms with van der Waals surface area (Å²) in [5.41, 5.74) is 0.910. The molecular weight excluding hydrogens is 231 g/mol. The Morgan fingerprint density at radius 3 is 3.00 bits per heavy atom. The van der Waals surface area contributed by atoms with Gasteiger partial charge in [0.1, 0.15) is 5.82 Å². The van der Waals surface area contributed by atoms with Crippen molar-refractivity contribution < 1.29 is 9.18 Å². The van der Waals surface area contributed by atoms with Crippen molar-refractivity contribution in [1.29, 1.82) is 0 Å². The van der Waals surface area contributed by atoms with Crippen molar-refractivity contribution in [3.05, 3.63) is 35.6 Å². The Balaban J connectivity index is 1.77. The number of halogens is 1. The molecule has 1 heterocycles. The smallest absolute Gasteiger partial charge is 0.224 e. The molecule has 0 spiro atoms. The zero-order valence-electron chi connectivity index (χ0n) is 10.6. The number of benzene rings is 1. The minimum absolute atomic E-state index is 0.0671. The van der Waals surface area contributed by atoms with E-state index in [2.05, 4.69) is 17.6 Å². The number of nitrogens with one attached hydrogen (secondary N) is 2. The second kappa shape index (κ2) is 5.96. The lowest BCUT2D eigenvalue weighted by molar-refractivity contribution is -0.125. The van der Waals surface area contributed by atoms with E-state index in [0.29, 0.717) is 18.9 Å². The Hall–Kier alpha value is -1.42. The van der Waals surface area contributed by atoms with Crippen LogP contribution in [-0.2, 0) is 11.2 Å². The van der Waals surface area contributed by atoms with Gasteiger partial charge in [0.15, 0.2) is 0 Å². The summed E-state index contributed by atoms with van der Waals surface area (Å²) >= 11 is 0. The van der Waals surface area contributed by atoms with E-state index in [1.807, 2.05) is 6.07 Å². The fraction of sp³-hybridized carbons (Fsp3) is 0.500. The van der Waals surface area contributed by atoms with Crippen LogP contribution in [0.4, 0.5) is 4.39 Å². The van der Waals surface area contributed by atoms with Crippen LogP contribution in [0.2, 0.25) is 0 Å². The molecule has 1 aromatic rings. The predicted octanol–water partition coefficient (Wildman–Crippen LogP) is 1.34. The molecule has 3 nitrogen and oxygen atoms in total. The standard InChI is InChI=1S/C14H19FN2O/c1-10-8-16-9-13(10)14(18)17-6-5-11-3-2-4-12(15)7-11/h2-4,7,10,13,16H,5-6,8-9H2,1H3,(H,17,18). The lowest BCUT2D eigenvalue weighted by Crippen LogP contribution is -2.35. The number of rotatable bonds is 4. The van der Waals surface area contributed by atoms with E-state index in [0.717, 1.165) is 18.7 Å². The van der Waals surface area contributed by atoms with Gasteiger partial charge in [-0.1, -0.05) is 19.1 Å². The van der Waals surface area contributed by atoms with Crippen LogP contribution in [0, 0.1) is 17.7 Å². The average Bonchev–Trinajstić information content (AvgIpc) is 2.75. The molecule has 98 valence electrons.